The maximum Gasteiger partial charge on any atom is 0.364 e. The van der Waals surface area contributed by atoms with Gasteiger partial charge in [0.2, 0.25) is 5.75 Å². The number of nitrogens with one attached hydrogen (secondary N) is 1. The molecule has 2 rings (SSSR count). The summed E-state index contributed by atoms with van der Waals surface area (Å²) in [6, 6.07) is 1.54. The summed E-state index contributed by atoms with van der Waals surface area (Å²) in [6.45, 7) is 2.89. The smallest absolute Gasteiger partial charge is 0.364 e. The summed E-state index contributed by atoms with van der Waals surface area (Å²) in [5.41, 5.74) is 26.2. The van der Waals surface area contributed by atoms with Gasteiger partial charge in [0.05, 0.1) is 25.4 Å². The van der Waals surface area contributed by atoms with Crippen LogP contribution in [0.15, 0.2) is 21.4 Å². The van der Waals surface area contributed by atoms with Crippen LogP contribution in [0.3, 0.4) is 0 Å². The summed E-state index contributed by atoms with van der Waals surface area (Å²) in [5, 5.41) is 14.4. The highest BCUT2D eigenvalue weighted by Crippen LogP contribution is 2.44. The Bertz CT molecular complexity index is 1380. The Balaban J connectivity index is 2.43. The van der Waals surface area contributed by atoms with E-state index in [1.165, 1.54) is 0 Å². The van der Waals surface area contributed by atoms with E-state index in [-0.39, 0.29) is 24.2 Å². The van der Waals surface area contributed by atoms with Crippen molar-refractivity contribution >= 4 is 17.8 Å². The van der Waals surface area contributed by atoms with Crippen LogP contribution >= 0.6 is 0 Å². The average molecular weight is 714 g/mol. The lowest BCUT2D eigenvalue weighted by Crippen LogP contribution is -2.32. The van der Waals surface area contributed by atoms with Gasteiger partial charge in [-0.25, -0.2) is 4.79 Å². The Morgan fingerprint density at radius 1 is 0.706 bits per heavy atom. The molecule has 2 amide bonds. The van der Waals surface area contributed by atoms with Crippen molar-refractivity contribution in [2.75, 3.05) is 53.0 Å². The third-order valence-electron chi connectivity index (χ3n) is 7.96. The predicted octanol–water partition coefficient (Wildman–Crippen LogP) is 7.81. The Morgan fingerprint density at radius 3 is 1.67 bits per heavy atom. The second-order valence-electron chi connectivity index (χ2n) is 11.9. The first-order valence-corrected chi connectivity index (χ1v) is 17.8. The standard InChI is InChI=1S/C33H51N11O7/c1-37-18-14-15-26-27(33(47)51-44-29(45)16-17-30(44)46)25-28(48-22-11-5-2-8-19-38-41-34)32(50-24-13-7-4-10-21-40-43-36)31(26)49-23-12-6-3-9-20-39-42-35/h25,37H,2-24H2,1H3. The lowest BCUT2D eigenvalue weighted by Gasteiger charge is -2.23. The zero-order valence-corrected chi connectivity index (χ0v) is 29.7. The molecule has 280 valence electrons. The number of hydrogen-bond acceptors (Lipinski definition) is 11. The van der Waals surface area contributed by atoms with Gasteiger partial charge < -0.3 is 24.4 Å². The molecule has 0 unspecified atom stereocenters. The van der Waals surface area contributed by atoms with Gasteiger partial charge in [0.25, 0.3) is 11.8 Å². The number of hydrogen-bond donors (Lipinski definition) is 1. The van der Waals surface area contributed by atoms with E-state index in [0.717, 1.165) is 57.8 Å². The number of benzene rings is 1. The number of carbonyl (C=O) groups excluding carboxylic acids is 3. The van der Waals surface area contributed by atoms with Crippen molar-refractivity contribution in [2.45, 2.75) is 103 Å². The fourth-order valence-electron chi connectivity index (χ4n) is 5.29. The zero-order valence-electron chi connectivity index (χ0n) is 29.7. The highest BCUT2D eigenvalue weighted by Gasteiger charge is 2.35. The maximum absolute atomic E-state index is 13.7. The molecule has 0 bridgehead atoms. The molecule has 0 spiro atoms. The first kappa shape index (κ1) is 42.3. The van der Waals surface area contributed by atoms with Gasteiger partial charge >= 0.3 is 5.97 Å². The quantitative estimate of drug-likeness (QED) is 0.0270. The highest BCUT2D eigenvalue weighted by atomic mass is 16.7. The van der Waals surface area contributed by atoms with Gasteiger partial charge in [-0.3, -0.25) is 9.59 Å². The number of imide groups is 1. The Morgan fingerprint density at radius 2 is 1.18 bits per heavy atom. The van der Waals surface area contributed by atoms with Crippen LogP contribution in [0.25, 0.3) is 31.3 Å². The minimum atomic E-state index is -0.879. The zero-order chi connectivity index (χ0) is 36.9. The van der Waals surface area contributed by atoms with Gasteiger partial charge in [-0.2, -0.15) is 0 Å². The third kappa shape index (κ3) is 16.6. The van der Waals surface area contributed by atoms with Gasteiger partial charge in [-0.1, -0.05) is 53.9 Å². The number of nitrogens with zero attached hydrogens (tertiary/aromatic N) is 10. The van der Waals surface area contributed by atoms with Gasteiger partial charge in [0.1, 0.15) is 0 Å². The second-order valence-corrected chi connectivity index (χ2v) is 11.9. The molecule has 0 atom stereocenters. The number of azide groups is 3. The number of hydroxylamine groups is 2. The summed E-state index contributed by atoms with van der Waals surface area (Å²) in [4.78, 5) is 52.1. The van der Waals surface area contributed by atoms with E-state index in [1.807, 2.05) is 7.05 Å². The van der Waals surface area contributed by atoms with Crippen LogP contribution < -0.4 is 19.5 Å². The maximum atomic E-state index is 13.7. The molecule has 0 aliphatic carbocycles. The summed E-state index contributed by atoms with van der Waals surface area (Å²) in [7, 11) is 1.83. The Hall–Kier alpha value is -4.88. The van der Waals surface area contributed by atoms with Gasteiger partial charge in [-0.05, 0) is 87.6 Å². The fraction of sp³-hybridized carbons (Fsp3) is 0.727. The molecule has 0 saturated carbocycles. The minimum Gasteiger partial charge on any atom is -0.490 e. The SMILES string of the molecule is CNCCCc1c(C(=O)ON2C(=O)CCC2=O)cc(OCCCCCCN=[N+]=[N-])c(OCCCCCCN=[N+]=[N-])c1OCCCCCCN=[N+]=[N-]. The van der Waals surface area contributed by atoms with Crippen molar-refractivity contribution in [3.63, 3.8) is 0 Å². The Kier molecular flexibility index (Phi) is 22.3. The molecule has 18 nitrogen and oxygen atoms in total. The van der Waals surface area contributed by atoms with Gasteiger partial charge in [-0.15, -0.1) is 5.06 Å². The van der Waals surface area contributed by atoms with Gasteiger partial charge in [0.15, 0.2) is 11.5 Å². The number of carbonyl (C=O) groups is 3. The van der Waals surface area contributed by atoms with E-state index in [1.54, 1.807) is 6.07 Å². The molecule has 51 heavy (non-hydrogen) atoms. The largest absolute Gasteiger partial charge is 0.490 e. The Labute approximate surface area is 298 Å². The topological polar surface area (TPSA) is 250 Å². The van der Waals surface area contributed by atoms with E-state index in [4.69, 9.17) is 35.6 Å². The van der Waals surface area contributed by atoms with E-state index < -0.39 is 17.8 Å². The van der Waals surface area contributed by atoms with Crippen LogP contribution in [0, 0.1) is 0 Å². The van der Waals surface area contributed by atoms with Crippen molar-refractivity contribution in [3.8, 4) is 17.2 Å². The van der Waals surface area contributed by atoms with Crippen LogP contribution in [0.2, 0.25) is 0 Å². The molecule has 1 aromatic rings. The van der Waals surface area contributed by atoms with E-state index in [2.05, 4.69) is 35.4 Å². The van der Waals surface area contributed by atoms with Crippen molar-refractivity contribution in [2.24, 2.45) is 15.3 Å². The lowest BCUT2D eigenvalue weighted by molar-refractivity contribution is -0.172. The van der Waals surface area contributed by atoms with Crippen molar-refractivity contribution < 1.29 is 33.4 Å². The summed E-state index contributed by atoms with van der Waals surface area (Å²) in [6.07, 6.45) is 10.4. The first-order valence-electron chi connectivity index (χ1n) is 17.8. The van der Waals surface area contributed by atoms with Crippen LogP contribution in [0.5, 0.6) is 17.2 Å². The van der Waals surface area contributed by atoms with Crippen LogP contribution in [-0.2, 0) is 20.8 Å². The van der Waals surface area contributed by atoms with E-state index >= 15 is 0 Å². The summed E-state index contributed by atoms with van der Waals surface area (Å²) < 4.78 is 19.1. The molecule has 1 aromatic carbocycles. The van der Waals surface area contributed by atoms with Crippen molar-refractivity contribution in [1.29, 1.82) is 0 Å². The molecule has 1 aliphatic heterocycles. The highest BCUT2D eigenvalue weighted by molar-refractivity contribution is 6.03. The third-order valence-corrected chi connectivity index (χ3v) is 7.96. The van der Waals surface area contributed by atoms with E-state index in [9.17, 15) is 14.4 Å². The first-order chi connectivity index (χ1) is 25.0. The molecule has 1 N–H and O–H groups in total. The molecule has 0 radical (unpaired) electrons. The van der Waals surface area contributed by atoms with Crippen molar-refractivity contribution in [3.05, 3.63) is 48.5 Å². The van der Waals surface area contributed by atoms with Crippen LogP contribution in [-0.4, -0.2) is 75.9 Å². The molecule has 0 aromatic heterocycles. The molecular formula is C33H51N11O7. The minimum absolute atomic E-state index is 0.0338. The van der Waals surface area contributed by atoms with Crippen LogP contribution in [0.1, 0.15) is 112 Å². The normalized spacial score (nSPS) is 12.1. The molecule has 1 heterocycles. The molecule has 1 aliphatic rings. The molecule has 18 heteroatoms. The number of amides is 2. The predicted molar refractivity (Wildman–Crippen MR) is 189 cm³/mol. The summed E-state index contributed by atoms with van der Waals surface area (Å²) >= 11 is 0. The van der Waals surface area contributed by atoms with Gasteiger partial charge in [0, 0.05) is 52.8 Å². The monoisotopic (exact) mass is 713 g/mol. The second kappa shape index (κ2) is 26.9. The number of unbranched alkanes of at least 4 members (excludes halogenated alkanes) is 9. The summed E-state index contributed by atoms with van der Waals surface area (Å²) in [5.74, 6) is -1.06. The number of rotatable bonds is 30. The van der Waals surface area contributed by atoms with E-state index in [0.29, 0.717) is 100 Å². The van der Waals surface area contributed by atoms with Crippen LogP contribution in [0.4, 0.5) is 0 Å². The molecular weight excluding hydrogens is 662 g/mol. The average Bonchev–Trinajstić information content (AvgIpc) is 3.44. The van der Waals surface area contributed by atoms with Crippen molar-refractivity contribution in [1.82, 2.24) is 10.4 Å². The number of ether oxygens (including phenoxy) is 3. The molecule has 1 fully saturated rings. The molecule has 1 saturated heterocycles. The lowest BCUT2D eigenvalue weighted by atomic mass is 9.99. The fourth-order valence-corrected chi connectivity index (χ4v) is 5.29.